The number of nitrogens with zero attached hydrogens (tertiary/aromatic N) is 6. The van der Waals surface area contributed by atoms with Crippen molar-refractivity contribution in [2.75, 3.05) is 41.3 Å². The minimum atomic E-state index is -0.348. The summed E-state index contributed by atoms with van der Waals surface area (Å²) in [6.07, 6.45) is 10.0. The van der Waals surface area contributed by atoms with Crippen LogP contribution in [0, 0.1) is 10.1 Å². The van der Waals surface area contributed by atoms with Crippen LogP contribution in [-0.2, 0) is 0 Å². The molecular formula is C20H27N7O2. The quantitative estimate of drug-likeness (QED) is 0.466. The van der Waals surface area contributed by atoms with E-state index in [0.29, 0.717) is 24.7 Å². The van der Waals surface area contributed by atoms with E-state index in [9.17, 15) is 10.1 Å². The molecule has 0 bridgehead atoms. The van der Waals surface area contributed by atoms with Crippen LogP contribution in [0.1, 0.15) is 38.5 Å². The number of aromatic nitrogens is 3. The Hall–Kier alpha value is -2.97. The average molecular weight is 397 g/mol. The van der Waals surface area contributed by atoms with E-state index in [0.717, 1.165) is 44.6 Å². The highest BCUT2D eigenvalue weighted by Crippen LogP contribution is 2.34. The highest BCUT2D eigenvalue weighted by atomic mass is 16.6. The Morgan fingerprint density at radius 2 is 1.69 bits per heavy atom. The van der Waals surface area contributed by atoms with Gasteiger partial charge >= 0.3 is 5.69 Å². The molecule has 2 aromatic rings. The maximum absolute atomic E-state index is 11.9. The zero-order chi connectivity index (χ0) is 20.1. The topological polar surface area (TPSA) is 100 Å². The van der Waals surface area contributed by atoms with Gasteiger partial charge in [-0.25, -0.2) is 15.0 Å². The highest BCUT2D eigenvalue weighted by molar-refractivity contribution is 5.71. The lowest BCUT2D eigenvalue weighted by Gasteiger charge is -2.35. The number of hydrogen-bond donors (Lipinski definition) is 1. The van der Waals surface area contributed by atoms with E-state index in [1.54, 1.807) is 6.20 Å². The monoisotopic (exact) mass is 397 g/mol. The van der Waals surface area contributed by atoms with Gasteiger partial charge in [0.15, 0.2) is 0 Å². The number of anilines is 3. The summed E-state index contributed by atoms with van der Waals surface area (Å²) in [6.45, 7) is 2.78. The summed E-state index contributed by atoms with van der Waals surface area (Å²) in [5, 5.41) is 15.3. The number of pyridine rings is 1. The third-order valence-corrected chi connectivity index (χ3v) is 5.73. The zero-order valence-electron chi connectivity index (χ0n) is 16.5. The number of rotatable bonds is 5. The first-order valence-electron chi connectivity index (χ1n) is 10.4. The average Bonchev–Trinajstić information content (AvgIpc) is 3.03. The largest absolute Gasteiger partial charge is 0.361 e. The molecule has 0 atom stereocenters. The predicted molar refractivity (Wildman–Crippen MR) is 112 cm³/mol. The normalized spacial score (nSPS) is 18.3. The molecule has 2 fully saturated rings. The Bertz CT molecular complexity index is 817. The number of nitrogens with one attached hydrogen (secondary N) is 1. The molecule has 9 nitrogen and oxygen atoms in total. The molecule has 1 N–H and O–H groups in total. The molecule has 1 saturated carbocycles. The summed E-state index contributed by atoms with van der Waals surface area (Å²) in [5.74, 6) is 1.68. The van der Waals surface area contributed by atoms with Gasteiger partial charge in [-0.05, 0) is 25.0 Å². The molecule has 0 spiro atoms. The molecule has 0 amide bonds. The van der Waals surface area contributed by atoms with Gasteiger partial charge in [-0.2, -0.15) is 0 Å². The zero-order valence-corrected chi connectivity index (χ0v) is 16.5. The van der Waals surface area contributed by atoms with Crippen LogP contribution in [0.15, 0.2) is 30.7 Å². The summed E-state index contributed by atoms with van der Waals surface area (Å²) in [7, 11) is 0. The van der Waals surface area contributed by atoms with Gasteiger partial charge in [0, 0.05) is 38.4 Å². The smallest absolute Gasteiger partial charge is 0.353 e. The fraction of sp³-hybridized carbons (Fsp3) is 0.550. The summed E-state index contributed by atoms with van der Waals surface area (Å²) in [6, 6.07) is 6.08. The lowest BCUT2D eigenvalue weighted by molar-refractivity contribution is -0.383. The summed E-state index contributed by atoms with van der Waals surface area (Å²) < 4.78 is 0. The van der Waals surface area contributed by atoms with Crippen molar-refractivity contribution in [2.24, 2.45) is 0 Å². The Kier molecular flexibility index (Phi) is 6.02. The van der Waals surface area contributed by atoms with Crippen molar-refractivity contribution in [3.8, 4) is 0 Å². The first-order valence-corrected chi connectivity index (χ1v) is 10.4. The molecule has 3 heterocycles. The SMILES string of the molecule is O=[N+]([O-])c1c(NC2CCCCCC2)ncnc1N1CCN(c2ccccn2)CC1. The second kappa shape index (κ2) is 9.02. The Morgan fingerprint density at radius 1 is 0.966 bits per heavy atom. The molecule has 1 aliphatic carbocycles. The fourth-order valence-electron chi connectivity index (χ4n) is 4.18. The molecule has 1 aliphatic heterocycles. The second-order valence-corrected chi connectivity index (χ2v) is 7.65. The van der Waals surface area contributed by atoms with E-state index < -0.39 is 0 Å². The Morgan fingerprint density at radius 3 is 2.34 bits per heavy atom. The first-order chi connectivity index (χ1) is 14.2. The van der Waals surface area contributed by atoms with Crippen molar-refractivity contribution in [1.82, 2.24) is 15.0 Å². The Labute approximate surface area is 170 Å². The van der Waals surface area contributed by atoms with E-state index in [1.165, 1.54) is 19.2 Å². The van der Waals surface area contributed by atoms with Crippen molar-refractivity contribution in [3.05, 3.63) is 40.8 Å². The van der Waals surface area contributed by atoms with E-state index >= 15 is 0 Å². The van der Waals surface area contributed by atoms with Crippen LogP contribution in [0.25, 0.3) is 0 Å². The maximum Gasteiger partial charge on any atom is 0.353 e. The van der Waals surface area contributed by atoms with Crippen molar-refractivity contribution < 1.29 is 4.92 Å². The van der Waals surface area contributed by atoms with Gasteiger partial charge in [-0.15, -0.1) is 0 Å². The molecule has 154 valence electrons. The van der Waals surface area contributed by atoms with Crippen LogP contribution >= 0.6 is 0 Å². The molecule has 9 heteroatoms. The van der Waals surface area contributed by atoms with E-state index in [2.05, 4.69) is 25.2 Å². The molecule has 2 aromatic heterocycles. The van der Waals surface area contributed by atoms with Gasteiger partial charge in [-0.3, -0.25) is 10.1 Å². The standard InChI is InChI=1S/C20H27N7O2/c28-27(29)18-19(24-16-7-3-1-2-4-8-16)22-15-23-20(18)26-13-11-25(12-14-26)17-9-5-6-10-21-17/h5-6,9-10,15-16H,1-4,7-8,11-14H2,(H,22,23,24). The van der Waals surface area contributed by atoms with Crippen LogP contribution in [0.3, 0.4) is 0 Å². The Balaban J connectivity index is 1.51. The van der Waals surface area contributed by atoms with Gasteiger partial charge in [0.2, 0.25) is 11.6 Å². The van der Waals surface area contributed by atoms with Crippen LogP contribution in [0.5, 0.6) is 0 Å². The van der Waals surface area contributed by atoms with Crippen LogP contribution in [0.4, 0.5) is 23.1 Å². The fourth-order valence-corrected chi connectivity index (χ4v) is 4.18. The number of nitro groups is 1. The second-order valence-electron chi connectivity index (χ2n) is 7.65. The van der Waals surface area contributed by atoms with E-state index in [-0.39, 0.29) is 16.7 Å². The van der Waals surface area contributed by atoms with Crippen molar-refractivity contribution in [2.45, 2.75) is 44.6 Å². The van der Waals surface area contributed by atoms with Gasteiger partial charge < -0.3 is 15.1 Å². The molecule has 29 heavy (non-hydrogen) atoms. The minimum Gasteiger partial charge on any atom is -0.361 e. The number of hydrogen-bond acceptors (Lipinski definition) is 8. The molecule has 0 radical (unpaired) electrons. The maximum atomic E-state index is 11.9. The first kappa shape index (κ1) is 19.4. The van der Waals surface area contributed by atoms with Gasteiger partial charge in [0.05, 0.1) is 4.92 Å². The molecule has 1 saturated heterocycles. The predicted octanol–water partition coefficient (Wildman–Crippen LogP) is 3.24. The van der Waals surface area contributed by atoms with E-state index in [1.807, 2.05) is 23.1 Å². The summed E-state index contributed by atoms with van der Waals surface area (Å²) in [4.78, 5) is 28.7. The van der Waals surface area contributed by atoms with Gasteiger partial charge in [0.1, 0.15) is 12.1 Å². The molecule has 4 rings (SSSR count). The van der Waals surface area contributed by atoms with Crippen molar-refractivity contribution >= 4 is 23.1 Å². The molecule has 0 aromatic carbocycles. The van der Waals surface area contributed by atoms with Crippen LogP contribution in [0.2, 0.25) is 0 Å². The van der Waals surface area contributed by atoms with Crippen LogP contribution < -0.4 is 15.1 Å². The lowest BCUT2D eigenvalue weighted by Crippen LogP contribution is -2.47. The molecule has 0 unspecified atom stereocenters. The molecule has 2 aliphatic rings. The summed E-state index contributed by atoms with van der Waals surface area (Å²) in [5.41, 5.74) is -0.0111. The van der Waals surface area contributed by atoms with Gasteiger partial charge in [0.25, 0.3) is 0 Å². The van der Waals surface area contributed by atoms with Crippen molar-refractivity contribution in [1.29, 1.82) is 0 Å². The minimum absolute atomic E-state index is 0.0111. The van der Waals surface area contributed by atoms with Crippen LogP contribution in [-0.4, -0.2) is 52.1 Å². The highest BCUT2D eigenvalue weighted by Gasteiger charge is 2.30. The third kappa shape index (κ3) is 4.55. The van der Waals surface area contributed by atoms with Gasteiger partial charge in [-0.1, -0.05) is 31.7 Å². The lowest BCUT2D eigenvalue weighted by atomic mass is 10.1. The summed E-state index contributed by atoms with van der Waals surface area (Å²) >= 11 is 0. The third-order valence-electron chi connectivity index (χ3n) is 5.73. The molecular weight excluding hydrogens is 370 g/mol. The van der Waals surface area contributed by atoms with Crippen molar-refractivity contribution in [3.63, 3.8) is 0 Å². The van der Waals surface area contributed by atoms with E-state index in [4.69, 9.17) is 0 Å². The number of piperazine rings is 1.